The highest BCUT2D eigenvalue weighted by Crippen LogP contribution is 2.24. The maximum atomic E-state index is 12.8. The average Bonchev–Trinajstić information content (AvgIpc) is 2.90. The predicted molar refractivity (Wildman–Crippen MR) is 136 cm³/mol. The number of hydrogen-bond acceptors (Lipinski definition) is 10. The van der Waals surface area contributed by atoms with Gasteiger partial charge in [0.25, 0.3) is 0 Å². The Morgan fingerprint density at radius 2 is 1.45 bits per heavy atom. The maximum absolute atomic E-state index is 12.8. The second kappa shape index (κ2) is 11.9. The smallest absolute Gasteiger partial charge is 0.337 e. The molecule has 0 radical (unpaired) electrons. The molecular formula is C23H27N3O10S2. The second-order valence-electron chi connectivity index (χ2n) is 8.11. The Labute approximate surface area is 220 Å². The van der Waals surface area contributed by atoms with E-state index in [1.807, 2.05) is 0 Å². The molecule has 0 aliphatic carbocycles. The lowest BCUT2D eigenvalue weighted by atomic mass is 10.1. The molecule has 1 N–H and O–H groups in total. The first-order valence-electron chi connectivity index (χ1n) is 11.1. The summed E-state index contributed by atoms with van der Waals surface area (Å²) in [5.41, 5.74) is 0.00585. The SMILES string of the molecule is COC(=O)c1cc(NC(=O)CN(c2ccc(S(=O)(=O)N3CCOCC3)cc2)S(C)(=O)=O)cc(C(=O)OC)c1. The van der Waals surface area contributed by atoms with E-state index in [1.165, 1.54) is 46.8 Å². The summed E-state index contributed by atoms with van der Waals surface area (Å²) in [6.07, 6.45) is 0.895. The van der Waals surface area contributed by atoms with Gasteiger partial charge in [0.2, 0.25) is 26.0 Å². The van der Waals surface area contributed by atoms with Gasteiger partial charge in [0.1, 0.15) is 6.54 Å². The van der Waals surface area contributed by atoms with Crippen molar-refractivity contribution in [2.75, 3.05) is 62.9 Å². The fourth-order valence-corrected chi connectivity index (χ4v) is 5.89. The molecule has 13 nitrogen and oxygen atoms in total. The van der Waals surface area contributed by atoms with Gasteiger partial charge < -0.3 is 19.5 Å². The van der Waals surface area contributed by atoms with E-state index < -0.39 is 44.4 Å². The molecule has 0 saturated carbocycles. The van der Waals surface area contributed by atoms with Crippen LogP contribution in [0.1, 0.15) is 20.7 Å². The van der Waals surface area contributed by atoms with Crippen molar-refractivity contribution in [3.05, 3.63) is 53.6 Å². The fraction of sp³-hybridized carbons (Fsp3) is 0.348. The molecule has 38 heavy (non-hydrogen) atoms. The van der Waals surface area contributed by atoms with Crippen LogP contribution in [0, 0.1) is 0 Å². The Morgan fingerprint density at radius 3 is 1.92 bits per heavy atom. The first-order valence-corrected chi connectivity index (χ1v) is 14.4. The Hall–Kier alpha value is -3.53. The van der Waals surface area contributed by atoms with Gasteiger partial charge in [-0.1, -0.05) is 0 Å². The number of sulfonamides is 2. The summed E-state index contributed by atoms with van der Waals surface area (Å²) in [4.78, 5) is 36.7. The van der Waals surface area contributed by atoms with Crippen molar-refractivity contribution in [2.45, 2.75) is 4.90 Å². The number of ether oxygens (including phenoxy) is 3. The maximum Gasteiger partial charge on any atom is 0.337 e. The predicted octanol–water partition coefficient (Wildman–Crippen LogP) is 0.685. The third-order valence-corrected chi connectivity index (χ3v) is 8.53. The van der Waals surface area contributed by atoms with Crippen molar-refractivity contribution < 1.29 is 45.4 Å². The Bertz CT molecular complexity index is 1380. The number of hydrogen-bond donors (Lipinski definition) is 1. The van der Waals surface area contributed by atoms with E-state index in [0.717, 1.165) is 24.8 Å². The topological polar surface area (TPSA) is 166 Å². The van der Waals surface area contributed by atoms with Crippen LogP contribution in [-0.2, 0) is 39.1 Å². The molecule has 15 heteroatoms. The number of carbonyl (C=O) groups excluding carboxylic acids is 3. The van der Waals surface area contributed by atoms with Crippen LogP contribution in [0.3, 0.4) is 0 Å². The molecule has 2 aromatic carbocycles. The van der Waals surface area contributed by atoms with E-state index in [2.05, 4.69) is 14.8 Å². The number of morpholine rings is 1. The number of carbonyl (C=O) groups is 3. The van der Waals surface area contributed by atoms with Gasteiger partial charge >= 0.3 is 11.9 Å². The normalized spacial score (nSPS) is 14.4. The summed E-state index contributed by atoms with van der Waals surface area (Å²) in [7, 11) is -5.49. The van der Waals surface area contributed by atoms with Crippen LogP contribution in [0.5, 0.6) is 0 Å². The highest BCUT2D eigenvalue weighted by atomic mass is 32.2. The number of methoxy groups -OCH3 is 2. The molecule has 0 aromatic heterocycles. The summed E-state index contributed by atoms with van der Waals surface area (Å²) in [5, 5.41) is 2.46. The van der Waals surface area contributed by atoms with Gasteiger partial charge in [-0.05, 0) is 42.5 Å². The van der Waals surface area contributed by atoms with Crippen LogP contribution in [0.2, 0.25) is 0 Å². The van der Waals surface area contributed by atoms with Crippen molar-refractivity contribution in [1.29, 1.82) is 0 Å². The van der Waals surface area contributed by atoms with Crippen molar-refractivity contribution in [3.8, 4) is 0 Å². The Balaban J connectivity index is 1.84. The van der Waals surface area contributed by atoms with E-state index in [9.17, 15) is 31.2 Å². The van der Waals surface area contributed by atoms with E-state index >= 15 is 0 Å². The van der Waals surface area contributed by atoms with Gasteiger partial charge in [0.05, 0.1) is 55.4 Å². The van der Waals surface area contributed by atoms with E-state index in [4.69, 9.17) is 4.74 Å². The summed E-state index contributed by atoms with van der Waals surface area (Å²) in [6.45, 7) is 0.281. The molecule has 1 heterocycles. The van der Waals surface area contributed by atoms with Crippen LogP contribution < -0.4 is 9.62 Å². The first-order chi connectivity index (χ1) is 17.9. The van der Waals surface area contributed by atoms with Gasteiger partial charge in [0.15, 0.2) is 0 Å². The van der Waals surface area contributed by atoms with Gasteiger partial charge in [-0.15, -0.1) is 0 Å². The molecule has 0 spiro atoms. The quantitative estimate of drug-likeness (QED) is 0.425. The molecule has 0 unspecified atom stereocenters. The van der Waals surface area contributed by atoms with Gasteiger partial charge in [-0.25, -0.2) is 26.4 Å². The van der Waals surface area contributed by atoms with Crippen molar-refractivity contribution >= 4 is 49.3 Å². The van der Waals surface area contributed by atoms with Crippen LogP contribution in [0.25, 0.3) is 0 Å². The van der Waals surface area contributed by atoms with Gasteiger partial charge in [-0.3, -0.25) is 9.10 Å². The van der Waals surface area contributed by atoms with Crippen LogP contribution in [-0.4, -0.2) is 92.3 Å². The average molecular weight is 570 g/mol. The number of anilines is 2. The standard InChI is InChI=1S/C23H27N3O10S2/c1-34-22(28)16-12-17(23(29)35-2)14-18(13-16)24-21(27)15-26(37(3,30)31)19-4-6-20(7-5-19)38(32,33)25-8-10-36-11-9-25/h4-7,12-14H,8-11,15H2,1-3H3,(H,24,27). The summed E-state index contributed by atoms with van der Waals surface area (Å²) in [6, 6.07) is 8.84. The first kappa shape index (κ1) is 29.0. The number of nitrogens with zero attached hydrogens (tertiary/aromatic N) is 2. The van der Waals surface area contributed by atoms with Crippen LogP contribution in [0.4, 0.5) is 11.4 Å². The van der Waals surface area contributed by atoms with Crippen molar-refractivity contribution in [3.63, 3.8) is 0 Å². The summed E-state index contributed by atoms with van der Waals surface area (Å²) >= 11 is 0. The lowest BCUT2D eigenvalue weighted by Gasteiger charge is -2.26. The van der Waals surface area contributed by atoms with Crippen molar-refractivity contribution in [2.24, 2.45) is 0 Å². The zero-order valence-corrected chi connectivity index (χ0v) is 22.5. The Morgan fingerprint density at radius 1 is 0.921 bits per heavy atom. The largest absolute Gasteiger partial charge is 0.465 e. The lowest BCUT2D eigenvalue weighted by Crippen LogP contribution is -2.40. The fourth-order valence-electron chi connectivity index (χ4n) is 3.62. The summed E-state index contributed by atoms with van der Waals surface area (Å²) < 4.78 is 67.3. The number of amides is 1. The molecule has 0 bridgehead atoms. The molecule has 1 aliphatic heterocycles. The third-order valence-electron chi connectivity index (χ3n) is 5.48. The number of esters is 2. The van der Waals surface area contributed by atoms with Crippen molar-refractivity contribution in [1.82, 2.24) is 4.31 Å². The summed E-state index contributed by atoms with van der Waals surface area (Å²) in [5.74, 6) is -2.33. The molecule has 1 fully saturated rings. The van der Waals surface area contributed by atoms with E-state index in [0.29, 0.717) is 0 Å². The second-order valence-corrected chi connectivity index (χ2v) is 12.0. The highest BCUT2D eigenvalue weighted by molar-refractivity contribution is 7.92. The molecule has 1 amide bonds. The monoisotopic (exact) mass is 569 g/mol. The third kappa shape index (κ3) is 6.86. The minimum Gasteiger partial charge on any atom is -0.465 e. The molecule has 2 aromatic rings. The van der Waals surface area contributed by atoms with E-state index in [-0.39, 0.29) is 53.7 Å². The minimum atomic E-state index is -3.98. The number of rotatable bonds is 9. The van der Waals surface area contributed by atoms with E-state index in [1.54, 1.807) is 0 Å². The Kier molecular flexibility index (Phi) is 9.09. The van der Waals surface area contributed by atoms with Gasteiger partial charge in [-0.2, -0.15) is 4.31 Å². The zero-order valence-electron chi connectivity index (χ0n) is 20.9. The number of nitrogens with one attached hydrogen (secondary N) is 1. The molecule has 1 saturated heterocycles. The van der Waals surface area contributed by atoms with Crippen LogP contribution in [0.15, 0.2) is 47.4 Å². The molecule has 1 aliphatic rings. The number of benzene rings is 2. The molecule has 0 atom stereocenters. The molecule has 206 valence electrons. The van der Waals surface area contributed by atoms with Crippen LogP contribution >= 0.6 is 0 Å². The minimum absolute atomic E-state index is 0.0266. The molecule has 3 rings (SSSR count). The zero-order chi connectivity index (χ0) is 28.1. The van der Waals surface area contributed by atoms with Gasteiger partial charge in [0, 0.05) is 18.8 Å². The lowest BCUT2D eigenvalue weighted by molar-refractivity contribution is -0.114. The molecular weight excluding hydrogens is 542 g/mol. The highest BCUT2D eigenvalue weighted by Gasteiger charge is 2.27.